The summed E-state index contributed by atoms with van der Waals surface area (Å²) >= 11 is 0. The molecule has 0 bridgehead atoms. The van der Waals surface area contributed by atoms with Gasteiger partial charge in [0.25, 0.3) is 0 Å². The molecular formula is C12H21N3O2. The maximum Gasteiger partial charge on any atom is 0.222 e. The summed E-state index contributed by atoms with van der Waals surface area (Å²) in [5.74, 6) is 2.22. The molecule has 0 saturated heterocycles. The Labute approximate surface area is 103 Å². The van der Waals surface area contributed by atoms with Crippen LogP contribution in [0.1, 0.15) is 25.2 Å². The first-order valence-electron chi connectivity index (χ1n) is 5.83. The van der Waals surface area contributed by atoms with Gasteiger partial charge in [-0.1, -0.05) is 6.92 Å². The fourth-order valence-electron chi connectivity index (χ4n) is 1.52. The van der Waals surface area contributed by atoms with Gasteiger partial charge in [0.2, 0.25) is 5.88 Å². The van der Waals surface area contributed by atoms with Gasteiger partial charge in [-0.05, 0) is 13.8 Å². The van der Waals surface area contributed by atoms with Crippen LogP contribution in [-0.4, -0.2) is 36.8 Å². The third kappa shape index (κ3) is 3.56. The van der Waals surface area contributed by atoms with Gasteiger partial charge in [0, 0.05) is 20.6 Å². The molecule has 1 atom stereocenters. The Balaban J connectivity index is 2.96. The number of hydrogen-bond donors (Lipinski definition) is 1. The standard InChI is InChI=1S/C12H21N3O2/c1-6-10-14-11(13-4)9(3)12(15-10)17-8(2)7-16-5/h8H,6-7H2,1-5H3,(H,13,14,15). The van der Waals surface area contributed by atoms with Crippen LogP contribution in [0.15, 0.2) is 0 Å². The van der Waals surface area contributed by atoms with E-state index in [4.69, 9.17) is 9.47 Å². The van der Waals surface area contributed by atoms with Crippen LogP contribution in [-0.2, 0) is 11.2 Å². The molecule has 0 aromatic carbocycles. The molecule has 0 aliphatic heterocycles. The van der Waals surface area contributed by atoms with E-state index in [0.29, 0.717) is 12.5 Å². The average Bonchev–Trinajstić information content (AvgIpc) is 2.32. The van der Waals surface area contributed by atoms with Crippen LogP contribution >= 0.6 is 0 Å². The normalized spacial score (nSPS) is 12.3. The summed E-state index contributed by atoms with van der Waals surface area (Å²) in [7, 11) is 3.50. The SMILES string of the molecule is CCc1nc(NC)c(C)c(OC(C)COC)n1. The number of anilines is 1. The van der Waals surface area contributed by atoms with Crippen molar-refractivity contribution < 1.29 is 9.47 Å². The molecule has 0 aliphatic carbocycles. The van der Waals surface area contributed by atoms with Gasteiger partial charge in [0.1, 0.15) is 17.7 Å². The molecule has 5 nitrogen and oxygen atoms in total. The molecule has 17 heavy (non-hydrogen) atoms. The van der Waals surface area contributed by atoms with Crippen LogP contribution in [0.4, 0.5) is 5.82 Å². The third-order valence-corrected chi connectivity index (χ3v) is 2.41. The molecule has 1 aromatic rings. The highest BCUT2D eigenvalue weighted by Gasteiger charge is 2.13. The van der Waals surface area contributed by atoms with E-state index in [-0.39, 0.29) is 6.10 Å². The first kappa shape index (κ1) is 13.7. The van der Waals surface area contributed by atoms with E-state index in [0.717, 1.165) is 23.6 Å². The Morgan fingerprint density at radius 1 is 1.35 bits per heavy atom. The van der Waals surface area contributed by atoms with Crippen LogP contribution in [0.2, 0.25) is 0 Å². The van der Waals surface area contributed by atoms with E-state index in [1.165, 1.54) is 0 Å². The highest BCUT2D eigenvalue weighted by atomic mass is 16.5. The minimum absolute atomic E-state index is 0.0250. The molecule has 0 aliphatic rings. The summed E-state index contributed by atoms with van der Waals surface area (Å²) in [4.78, 5) is 8.78. The van der Waals surface area contributed by atoms with E-state index in [9.17, 15) is 0 Å². The predicted octanol–water partition coefficient (Wildman–Crippen LogP) is 1.80. The lowest BCUT2D eigenvalue weighted by atomic mass is 10.3. The number of methoxy groups -OCH3 is 1. The summed E-state index contributed by atoms with van der Waals surface area (Å²) in [5, 5.41) is 3.05. The maximum absolute atomic E-state index is 5.75. The zero-order valence-corrected chi connectivity index (χ0v) is 11.2. The summed E-state index contributed by atoms with van der Waals surface area (Å²) in [6.07, 6.45) is 0.757. The second kappa shape index (κ2) is 6.39. The molecule has 0 amide bonds. The minimum Gasteiger partial charge on any atom is -0.472 e. The van der Waals surface area contributed by atoms with Crippen molar-refractivity contribution in [3.63, 3.8) is 0 Å². The van der Waals surface area contributed by atoms with Crippen molar-refractivity contribution in [2.45, 2.75) is 33.3 Å². The number of rotatable bonds is 6. The van der Waals surface area contributed by atoms with Crippen molar-refractivity contribution in [3.8, 4) is 5.88 Å². The zero-order valence-electron chi connectivity index (χ0n) is 11.2. The number of nitrogens with one attached hydrogen (secondary N) is 1. The number of ether oxygens (including phenoxy) is 2. The highest BCUT2D eigenvalue weighted by molar-refractivity contribution is 5.48. The zero-order chi connectivity index (χ0) is 12.8. The Morgan fingerprint density at radius 3 is 2.59 bits per heavy atom. The van der Waals surface area contributed by atoms with Crippen LogP contribution in [0.3, 0.4) is 0 Å². The third-order valence-electron chi connectivity index (χ3n) is 2.41. The number of aromatic nitrogens is 2. The Bertz CT molecular complexity index is 369. The van der Waals surface area contributed by atoms with Gasteiger partial charge in [-0.25, -0.2) is 4.98 Å². The predicted molar refractivity (Wildman–Crippen MR) is 67.7 cm³/mol. The molecule has 0 fully saturated rings. The fourth-order valence-corrected chi connectivity index (χ4v) is 1.52. The molecule has 1 aromatic heterocycles. The smallest absolute Gasteiger partial charge is 0.222 e. The van der Waals surface area contributed by atoms with E-state index in [2.05, 4.69) is 15.3 Å². The number of nitrogens with zero attached hydrogens (tertiary/aromatic N) is 2. The quantitative estimate of drug-likeness (QED) is 0.820. The highest BCUT2D eigenvalue weighted by Crippen LogP contribution is 2.22. The van der Waals surface area contributed by atoms with Crippen molar-refractivity contribution in [1.82, 2.24) is 9.97 Å². The summed E-state index contributed by atoms with van der Waals surface area (Å²) in [5.41, 5.74) is 0.924. The lowest BCUT2D eigenvalue weighted by Crippen LogP contribution is -2.20. The largest absolute Gasteiger partial charge is 0.472 e. The molecule has 1 heterocycles. The van der Waals surface area contributed by atoms with Crippen LogP contribution < -0.4 is 10.1 Å². The molecule has 1 N–H and O–H groups in total. The average molecular weight is 239 g/mol. The first-order valence-corrected chi connectivity index (χ1v) is 5.83. The van der Waals surface area contributed by atoms with E-state index in [1.807, 2.05) is 27.8 Å². The summed E-state index contributed by atoms with van der Waals surface area (Å²) in [6, 6.07) is 0. The lowest BCUT2D eigenvalue weighted by molar-refractivity contribution is 0.0882. The van der Waals surface area contributed by atoms with Crippen molar-refractivity contribution in [2.24, 2.45) is 0 Å². The molecule has 1 unspecified atom stereocenters. The molecule has 0 radical (unpaired) electrons. The Hall–Kier alpha value is -1.36. The van der Waals surface area contributed by atoms with Gasteiger partial charge in [-0.2, -0.15) is 4.98 Å². The van der Waals surface area contributed by atoms with Gasteiger partial charge >= 0.3 is 0 Å². The van der Waals surface area contributed by atoms with Crippen molar-refractivity contribution in [3.05, 3.63) is 11.4 Å². The van der Waals surface area contributed by atoms with Crippen molar-refractivity contribution >= 4 is 5.82 Å². The van der Waals surface area contributed by atoms with Crippen molar-refractivity contribution in [1.29, 1.82) is 0 Å². The van der Waals surface area contributed by atoms with E-state index < -0.39 is 0 Å². The van der Waals surface area contributed by atoms with Gasteiger partial charge in [0.15, 0.2) is 0 Å². The number of hydrogen-bond acceptors (Lipinski definition) is 5. The summed E-state index contributed by atoms with van der Waals surface area (Å²) < 4.78 is 10.8. The molecule has 5 heteroatoms. The van der Waals surface area contributed by atoms with Crippen LogP contribution in [0, 0.1) is 6.92 Å². The topological polar surface area (TPSA) is 56.3 Å². The second-order valence-electron chi connectivity index (χ2n) is 3.91. The minimum atomic E-state index is -0.0250. The Kier molecular flexibility index (Phi) is 5.15. The van der Waals surface area contributed by atoms with Crippen LogP contribution in [0.5, 0.6) is 5.88 Å². The summed E-state index contributed by atoms with van der Waals surface area (Å²) in [6.45, 7) is 6.46. The molecule has 96 valence electrons. The Morgan fingerprint density at radius 2 is 2.06 bits per heavy atom. The van der Waals surface area contributed by atoms with Gasteiger partial charge < -0.3 is 14.8 Å². The fraction of sp³-hybridized carbons (Fsp3) is 0.667. The molecule has 1 rings (SSSR count). The molecular weight excluding hydrogens is 218 g/mol. The lowest BCUT2D eigenvalue weighted by Gasteiger charge is -2.16. The maximum atomic E-state index is 5.75. The van der Waals surface area contributed by atoms with E-state index >= 15 is 0 Å². The van der Waals surface area contributed by atoms with Gasteiger partial charge in [-0.3, -0.25) is 0 Å². The van der Waals surface area contributed by atoms with Crippen LogP contribution in [0.25, 0.3) is 0 Å². The first-order chi connectivity index (χ1) is 8.12. The van der Waals surface area contributed by atoms with Gasteiger partial charge in [0.05, 0.1) is 12.2 Å². The monoisotopic (exact) mass is 239 g/mol. The number of aryl methyl sites for hydroxylation is 1. The molecule has 0 spiro atoms. The van der Waals surface area contributed by atoms with Crippen molar-refractivity contribution in [2.75, 3.05) is 26.1 Å². The van der Waals surface area contributed by atoms with E-state index in [1.54, 1.807) is 7.11 Å². The molecule has 0 saturated carbocycles. The second-order valence-corrected chi connectivity index (χ2v) is 3.91. The van der Waals surface area contributed by atoms with Gasteiger partial charge in [-0.15, -0.1) is 0 Å².